The first kappa shape index (κ1) is 18.1. The second kappa shape index (κ2) is 6.41. The van der Waals surface area contributed by atoms with Gasteiger partial charge in [-0.2, -0.15) is 4.72 Å². The molecular weight excluding hydrogens is 294 g/mol. The fraction of sp³-hybridized carbons (Fsp3) is 0.571. The molecular formula is C14H23NO5S. The van der Waals surface area contributed by atoms with E-state index in [1.807, 2.05) is 20.8 Å². The number of nitrogens with one attached hydrogen (secondary N) is 1. The second-order valence-electron chi connectivity index (χ2n) is 6.13. The van der Waals surface area contributed by atoms with Crippen LogP contribution in [-0.2, 0) is 15.4 Å². The average molecular weight is 317 g/mol. The van der Waals surface area contributed by atoms with Crippen molar-refractivity contribution < 1.29 is 23.7 Å². The Bertz CT molecular complexity index is 548. The van der Waals surface area contributed by atoms with E-state index < -0.39 is 35.4 Å². The van der Waals surface area contributed by atoms with Gasteiger partial charge in [0.1, 0.15) is 5.54 Å². The highest BCUT2D eigenvalue weighted by atomic mass is 32.2. The van der Waals surface area contributed by atoms with E-state index in [1.54, 1.807) is 12.1 Å². The van der Waals surface area contributed by atoms with Crippen molar-refractivity contribution in [2.45, 2.75) is 36.6 Å². The first-order chi connectivity index (χ1) is 9.60. The van der Waals surface area contributed by atoms with Gasteiger partial charge in [-0.25, -0.2) is 8.42 Å². The summed E-state index contributed by atoms with van der Waals surface area (Å²) >= 11 is 0. The third-order valence-corrected chi connectivity index (χ3v) is 4.88. The van der Waals surface area contributed by atoms with E-state index >= 15 is 0 Å². The van der Waals surface area contributed by atoms with Crippen molar-refractivity contribution in [3.05, 3.63) is 29.8 Å². The molecule has 0 saturated heterocycles. The predicted octanol–water partition coefficient (Wildman–Crippen LogP) is -0.0219. The molecule has 0 aliphatic heterocycles. The number of sulfonamides is 1. The molecule has 0 unspecified atom stereocenters. The summed E-state index contributed by atoms with van der Waals surface area (Å²) in [6.45, 7) is 3.92. The van der Waals surface area contributed by atoms with E-state index in [4.69, 9.17) is 0 Å². The van der Waals surface area contributed by atoms with Gasteiger partial charge in [0.2, 0.25) is 10.0 Å². The van der Waals surface area contributed by atoms with Gasteiger partial charge in [-0.3, -0.25) is 0 Å². The standard InChI is InChI=1S/C14H23NO5S/c1-13(2,3)11-4-6-12(7-5-11)21(19,20)15-14(8-16,9-17)10-18/h4-7,15-18H,8-10H2,1-3H3. The molecule has 0 atom stereocenters. The van der Waals surface area contributed by atoms with E-state index in [-0.39, 0.29) is 10.3 Å². The summed E-state index contributed by atoms with van der Waals surface area (Å²) in [5, 5.41) is 27.6. The third kappa shape index (κ3) is 4.24. The molecule has 1 aromatic carbocycles. The highest BCUT2D eigenvalue weighted by molar-refractivity contribution is 7.89. The molecule has 0 aliphatic carbocycles. The van der Waals surface area contributed by atoms with E-state index in [9.17, 15) is 23.7 Å². The van der Waals surface area contributed by atoms with E-state index in [0.29, 0.717) is 0 Å². The Morgan fingerprint density at radius 1 is 0.952 bits per heavy atom. The van der Waals surface area contributed by atoms with Crippen LogP contribution in [0.1, 0.15) is 26.3 Å². The average Bonchev–Trinajstić information content (AvgIpc) is 2.44. The third-order valence-electron chi connectivity index (χ3n) is 3.29. The zero-order valence-electron chi connectivity index (χ0n) is 12.5. The number of aliphatic hydroxyl groups is 3. The molecule has 0 aromatic heterocycles. The second-order valence-corrected chi connectivity index (χ2v) is 7.82. The first-order valence-corrected chi connectivity index (χ1v) is 8.06. The molecule has 0 bridgehead atoms. The monoisotopic (exact) mass is 317 g/mol. The molecule has 1 rings (SSSR count). The van der Waals surface area contributed by atoms with Crippen LogP contribution in [0.4, 0.5) is 0 Å². The van der Waals surface area contributed by atoms with Gasteiger partial charge in [-0.05, 0) is 23.1 Å². The Labute approximate surface area is 125 Å². The van der Waals surface area contributed by atoms with E-state index in [1.165, 1.54) is 12.1 Å². The van der Waals surface area contributed by atoms with Crippen LogP contribution in [0.3, 0.4) is 0 Å². The zero-order chi connectivity index (χ0) is 16.3. The molecule has 4 N–H and O–H groups in total. The van der Waals surface area contributed by atoms with Gasteiger partial charge in [0.05, 0.1) is 24.7 Å². The van der Waals surface area contributed by atoms with E-state index in [0.717, 1.165) is 5.56 Å². The number of rotatable bonds is 6. The molecule has 0 spiro atoms. The van der Waals surface area contributed by atoms with Gasteiger partial charge < -0.3 is 15.3 Å². The normalized spacial score (nSPS) is 13.4. The molecule has 0 fully saturated rings. The van der Waals surface area contributed by atoms with Crippen LogP contribution in [0.2, 0.25) is 0 Å². The first-order valence-electron chi connectivity index (χ1n) is 6.57. The number of hydrogen-bond acceptors (Lipinski definition) is 5. The largest absolute Gasteiger partial charge is 0.394 e. The molecule has 120 valence electrons. The van der Waals surface area contributed by atoms with Crippen molar-refractivity contribution in [3.63, 3.8) is 0 Å². The molecule has 0 amide bonds. The quantitative estimate of drug-likeness (QED) is 0.590. The fourth-order valence-electron chi connectivity index (χ4n) is 1.72. The van der Waals surface area contributed by atoms with Crippen molar-refractivity contribution in [2.24, 2.45) is 0 Å². The molecule has 0 aliphatic rings. The lowest BCUT2D eigenvalue weighted by Crippen LogP contribution is -2.56. The summed E-state index contributed by atoms with van der Waals surface area (Å²) < 4.78 is 26.6. The number of benzene rings is 1. The van der Waals surface area contributed by atoms with E-state index in [2.05, 4.69) is 4.72 Å². The maximum absolute atomic E-state index is 12.2. The minimum absolute atomic E-state index is 0.00947. The summed E-state index contributed by atoms with van der Waals surface area (Å²) in [4.78, 5) is 0.00947. The Kier molecular flexibility index (Phi) is 5.51. The Morgan fingerprint density at radius 3 is 1.71 bits per heavy atom. The lowest BCUT2D eigenvalue weighted by Gasteiger charge is -2.28. The lowest BCUT2D eigenvalue weighted by molar-refractivity contribution is 0.0582. The Balaban J connectivity index is 3.09. The van der Waals surface area contributed by atoms with Crippen molar-refractivity contribution in [1.82, 2.24) is 4.72 Å². The maximum atomic E-state index is 12.2. The molecule has 7 heteroatoms. The number of hydrogen-bond donors (Lipinski definition) is 4. The van der Waals surface area contributed by atoms with Crippen LogP contribution < -0.4 is 4.72 Å². The molecule has 6 nitrogen and oxygen atoms in total. The summed E-state index contributed by atoms with van der Waals surface area (Å²) in [5.41, 5.74) is -0.790. The Hall–Kier alpha value is -0.990. The minimum atomic E-state index is -3.95. The van der Waals surface area contributed by atoms with Gasteiger partial charge >= 0.3 is 0 Å². The molecule has 21 heavy (non-hydrogen) atoms. The molecule has 0 heterocycles. The van der Waals surface area contributed by atoms with Gasteiger partial charge in [-0.1, -0.05) is 32.9 Å². The predicted molar refractivity (Wildman–Crippen MR) is 79.5 cm³/mol. The van der Waals surface area contributed by atoms with Crippen LogP contribution in [0.15, 0.2) is 29.2 Å². The maximum Gasteiger partial charge on any atom is 0.241 e. The van der Waals surface area contributed by atoms with Crippen LogP contribution in [0.5, 0.6) is 0 Å². The van der Waals surface area contributed by atoms with Crippen LogP contribution >= 0.6 is 0 Å². The van der Waals surface area contributed by atoms with Crippen molar-refractivity contribution in [2.75, 3.05) is 19.8 Å². The van der Waals surface area contributed by atoms with Crippen LogP contribution in [0, 0.1) is 0 Å². The van der Waals surface area contributed by atoms with Crippen molar-refractivity contribution >= 4 is 10.0 Å². The Morgan fingerprint density at radius 2 is 1.38 bits per heavy atom. The van der Waals surface area contributed by atoms with Crippen LogP contribution in [0.25, 0.3) is 0 Å². The molecule has 0 saturated carbocycles. The van der Waals surface area contributed by atoms with Crippen molar-refractivity contribution in [1.29, 1.82) is 0 Å². The summed E-state index contributed by atoms with van der Waals surface area (Å²) in [6, 6.07) is 6.35. The summed E-state index contributed by atoms with van der Waals surface area (Å²) in [5.74, 6) is 0. The highest BCUT2D eigenvalue weighted by Gasteiger charge is 2.34. The molecule has 0 radical (unpaired) electrons. The summed E-state index contributed by atoms with van der Waals surface area (Å²) in [6.07, 6.45) is 0. The molecule has 1 aromatic rings. The number of aliphatic hydroxyl groups excluding tert-OH is 3. The lowest BCUT2D eigenvalue weighted by atomic mass is 9.87. The zero-order valence-corrected chi connectivity index (χ0v) is 13.3. The fourth-order valence-corrected chi connectivity index (χ4v) is 3.10. The van der Waals surface area contributed by atoms with Gasteiger partial charge in [0.25, 0.3) is 0 Å². The topological polar surface area (TPSA) is 107 Å². The van der Waals surface area contributed by atoms with Crippen LogP contribution in [-0.4, -0.2) is 49.1 Å². The summed E-state index contributed by atoms with van der Waals surface area (Å²) in [7, 11) is -3.95. The smallest absolute Gasteiger partial charge is 0.241 e. The SMILES string of the molecule is CC(C)(C)c1ccc(S(=O)(=O)NC(CO)(CO)CO)cc1. The van der Waals surface area contributed by atoms with Gasteiger partial charge in [-0.15, -0.1) is 0 Å². The van der Waals surface area contributed by atoms with Crippen molar-refractivity contribution in [3.8, 4) is 0 Å². The van der Waals surface area contributed by atoms with Gasteiger partial charge in [0.15, 0.2) is 0 Å². The highest BCUT2D eigenvalue weighted by Crippen LogP contribution is 2.23. The minimum Gasteiger partial charge on any atom is -0.394 e. The van der Waals surface area contributed by atoms with Gasteiger partial charge in [0, 0.05) is 0 Å².